The first-order valence-corrected chi connectivity index (χ1v) is 7.75. The molecule has 20 heavy (non-hydrogen) atoms. The SMILES string of the molecule is CCC.CCc1cc(O)c(C2C=C(C)CCC2)c(O)c1. The zero-order chi connectivity index (χ0) is 15.1. The minimum atomic E-state index is 0.162. The highest BCUT2D eigenvalue weighted by Crippen LogP contribution is 2.41. The van der Waals surface area contributed by atoms with E-state index in [1.807, 2.05) is 6.92 Å². The largest absolute Gasteiger partial charge is 0.507 e. The van der Waals surface area contributed by atoms with Crippen molar-refractivity contribution in [2.75, 3.05) is 0 Å². The number of phenolic OH excluding ortho intramolecular Hbond substituents is 2. The Balaban J connectivity index is 0.000000612. The Morgan fingerprint density at radius 2 is 1.65 bits per heavy atom. The van der Waals surface area contributed by atoms with Gasteiger partial charge in [0.15, 0.2) is 0 Å². The number of allylic oxidation sites excluding steroid dienone is 2. The minimum Gasteiger partial charge on any atom is -0.507 e. The molecule has 1 unspecified atom stereocenters. The van der Waals surface area contributed by atoms with Crippen molar-refractivity contribution < 1.29 is 10.2 Å². The third-order valence-corrected chi connectivity index (χ3v) is 3.55. The maximum atomic E-state index is 10.1. The maximum Gasteiger partial charge on any atom is 0.123 e. The van der Waals surface area contributed by atoms with Crippen LogP contribution in [0.15, 0.2) is 23.8 Å². The van der Waals surface area contributed by atoms with Crippen LogP contribution < -0.4 is 0 Å². The van der Waals surface area contributed by atoms with Gasteiger partial charge in [0.2, 0.25) is 0 Å². The van der Waals surface area contributed by atoms with Gasteiger partial charge in [-0.25, -0.2) is 0 Å². The zero-order valence-electron chi connectivity index (χ0n) is 13.2. The molecule has 0 spiro atoms. The van der Waals surface area contributed by atoms with Crippen molar-refractivity contribution in [1.82, 2.24) is 0 Å². The summed E-state index contributed by atoms with van der Waals surface area (Å²) in [6, 6.07) is 3.54. The molecule has 1 aliphatic rings. The van der Waals surface area contributed by atoms with Gasteiger partial charge in [0, 0.05) is 11.5 Å². The predicted molar refractivity (Wildman–Crippen MR) is 85.5 cm³/mol. The molecular weight excluding hydrogens is 248 g/mol. The lowest BCUT2D eigenvalue weighted by Crippen LogP contribution is -2.03. The van der Waals surface area contributed by atoms with Crippen LogP contribution in [0.3, 0.4) is 0 Å². The van der Waals surface area contributed by atoms with Crippen molar-refractivity contribution in [3.05, 3.63) is 34.9 Å². The standard InChI is InChI=1S/C15H20O2.C3H8/c1-3-11-8-13(16)15(14(17)9-11)12-6-4-5-10(2)7-12;1-3-2/h7-9,12,16-17H,3-6H2,1-2H3;3H2,1-2H3. The first kappa shape index (κ1) is 16.6. The van der Waals surface area contributed by atoms with Gasteiger partial charge in [-0.1, -0.05) is 38.8 Å². The smallest absolute Gasteiger partial charge is 0.123 e. The molecule has 2 rings (SSSR count). The highest BCUT2D eigenvalue weighted by molar-refractivity contribution is 5.50. The number of aromatic hydroxyl groups is 2. The van der Waals surface area contributed by atoms with Crippen molar-refractivity contribution in [3.63, 3.8) is 0 Å². The van der Waals surface area contributed by atoms with E-state index in [-0.39, 0.29) is 17.4 Å². The van der Waals surface area contributed by atoms with Crippen LogP contribution in [0.25, 0.3) is 0 Å². The summed E-state index contributed by atoms with van der Waals surface area (Å²) < 4.78 is 0. The van der Waals surface area contributed by atoms with Gasteiger partial charge in [-0.2, -0.15) is 0 Å². The maximum absolute atomic E-state index is 10.1. The second-order valence-electron chi connectivity index (χ2n) is 5.62. The van der Waals surface area contributed by atoms with Gasteiger partial charge < -0.3 is 10.2 Å². The summed E-state index contributed by atoms with van der Waals surface area (Å²) in [5.41, 5.74) is 3.01. The van der Waals surface area contributed by atoms with Crippen molar-refractivity contribution >= 4 is 0 Å². The average Bonchev–Trinajstić information content (AvgIpc) is 2.38. The summed E-state index contributed by atoms with van der Waals surface area (Å²) in [5.74, 6) is 0.630. The van der Waals surface area contributed by atoms with Gasteiger partial charge in [-0.3, -0.25) is 0 Å². The molecule has 2 N–H and O–H groups in total. The van der Waals surface area contributed by atoms with Crippen LogP contribution in [0.2, 0.25) is 0 Å². The molecular formula is C18H28O2. The number of hydrogen-bond donors (Lipinski definition) is 2. The van der Waals surface area contributed by atoms with Crippen LogP contribution in [0.4, 0.5) is 0 Å². The molecule has 0 radical (unpaired) electrons. The molecule has 0 amide bonds. The minimum absolute atomic E-state index is 0.162. The van der Waals surface area contributed by atoms with E-state index in [0.29, 0.717) is 5.56 Å². The molecule has 1 atom stereocenters. The summed E-state index contributed by atoms with van der Waals surface area (Å²) in [4.78, 5) is 0. The normalized spacial score (nSPS) is 18.0. The number of hydrogen-bond acceptors (Lipinski definition) is 2. The Labute approximate surface area is 123 Å². The summed E-state index contributed by atoms with van der Waals surface area (Å²) in [6.07, 6.45) is 7.50. The molecule has 0 saturated carbocycles. The number of aryl methyl sites for hydroxylation is 1. The average molecular weight is 276 g/mol. The second-order valence-corrected chi connectivity index (χ2v) is 5.62. The van der Waals surface area contributed by atoms with E-state index in [1.54, 1.807) is 12.1 Å². The van der Waals surface area contributed by atoms with Gasteiger partial charge in [0.05, 0.1) is 0 Å². The summed E-state index contributed by atoms with van der Waals surface area (Å²) in [5, 5.41) is 20.1. The third-order valence-electron chi connectivity index (χ3n) is 3.55. The first-order chi connectivity index (χ1) is 9.53. The van der Waals surface area contributed by atoms with Crippen molar-refractivity contribution in [1.29, 1.82) is 0 Å². The van der Waals surface area contributed by atoms with E-state index in [0.717, 1.165) is 31.2 Å². The van der Waals surface area contributed by atoms with Crippen molar-refractivity contribution in [2.24, 2.45) is 0 Å². The summed E-state index contributed by atoms with van der Waals surface area (Å²) in [7, 11) is 0. The third kappa shape index (κ3) is 4.29. The highest BCUT2D eigenvalue weighted by Gasteiger charge is 2.20. The molecule has 0 aromatic heterocycles. The lowest BCUT2D eigenvalue weighted by atomic mass is 9.84. The molecule has 112 valence electrons. The molecule has 2 nitrogen and oxygen atoms in total. The van der Waals surface area contributed by atoms with Gasteiger partial charge >= 0.3 is 0 Å². The van der Waals surface area contributed by atoms with Crippen LogP contribution in [0, 0.1) is 0 Å². The fourth-order valence-corrected chi connectivity index (χ4v) is 2.60. The Hall–Kier alpha value is -1.44. The van der Waals surface area contributed by atoms with Crippen LogP contribution in [-0.4, -0.2) is 10.2 Å². The van der Waals surface area contributed by atoms with Gasteiger partial charge in [0.1, 0.15) is 11.5 Å². The lowest BCUT2D eigenvalue weighted by molar-refractivity contribution is 0.427. The molecule has 0 saturated heterocycles. The van der Waals surface area contributed by atoms with E-state index < -0.39 is 0 Å². The monoisotopic (exact) mass is 276 g/mol. The van der Waals surface area contributed by atoms with Crippen LogP contribution in [0.1, 0.15) is 70.4 Å². The van der Waals surface area contributed by atoms with Crippen LogP contribution in [-0.2, 0) is 6.42 Å². The molecule has 0 fully saturated rings. The Bertz CT molecular complexity index is 437. The Morgan fingerprint density at radius 3 is 2.10 bits per heavy atom. The molecule has 0 aliphatic heterocycles. The van der Waals surface area contributed by atoms with E-state index in [4.69, 9.17) is 0 Å². The molecule has 0 heterocycles. The van der Waals surface area contributed by atoms with Gasteiger partial charge in [-0.05, 0) is 50.3 Å². The Morgan fingerprint density at radius 1 is 1.10 bits per heavy atom. The van der Waals surface area contributed by atoms with E-state index in [9.17, 15) is 10.2 Å². The molecule has 1 aromatic rings. The molecule has 1 aromatic carbocycles. The lowest BCUT2D eigenvalue weighted by Gasteiger charge is -2.22. The Kier molecular flexibility index (Phi) is 6.63. The quantitative estimate of drug-likeness (QED) is 0.720. The zero-order valence-corrected chi connectivity index (χ0v) is 13.2. The number of benzene rings is 1. The fraction of sp³-hybridized carbons (Fsp3) is 0.556. The molecule has 2 heteroatoms. The van der Waals surface area contributed by atoms with Gasteiger partial charge in [-0.15, -0.1) is 0 Å². The first-order valence-electron chi connectivity index (χ1n) is 7.75. The van der Waals surface area contributed by atoms with Crippen molar-refractivity contribution in [2.45, 2.75) is 65.7 Å². The van der Waals surface area contributed by atoms with E-state index in [1.165, 1.54) is 12.0 Å². The van der Waals surface area contributed by atoms with Crippen LogP contribution in [0.5, 0.6) is 11.5 Å². The summed E-state index contributed by atoms with van der Waals surface area (Å²) >= 11 is 0. The summed E-state index contributed by atoms with van der Waals surface area (Å²) in [6.45, 7) is 8.37. The molecule has 1 aliphatic carbocycles. The number of rotatable bonds is 2. The predicted octanol–water partition coefficient (Wildman–Crippen LogP) is 5.29. The van der Waals surface area contributed by atoms with Crippen molar-refractivity contribution in [3.8, 4) is 11.5 Å². The number of phenols is 2. The molecule has 0 bridgehead atoms. The topological polar surface area (TPSA) is 40.5 Å². The second kappa shape index (κ2) is 7.98. The highest BCUT2D eigenvalue weighted by atomic mass is 16.3. The fourth-order valence-electron chi connectivity index (χ4n) is 2.60. The van der Waals surface area contributed by atoms with Crippen LogP contribution >= 0.6 is 0 Å². The van der Waals surface area contributed by atoms with Gasteiger partial charge in [0.25, 0.3) is 0 Å². The van der Waals surface area contributed by atoms with E-state index in [2.05, 4.69) is 26.8 Å². The van der Waals surface area contributed by atoms with E-state index >= 15 is 0 Å².